The third-order valence-electron chi connectivity index (χ3n) is 3.65. The van der Waals surface area contributed by atoms with Gasteiger partial charge in [0.15, 0.2) is 0 Å². The van der Waals surface area contributed by atoms with Crippen molar-refractivity contribution in [2.45, 2.75) is 31.9 Å². The predicted octanol–water partition coefficient (Wildman–Crippen LogP) is 3.16. The van der Waals surface area contributed by atoms with Gasteiger partial charge in [0.05, 0.1) is 17.7 Å². The van der Waals surface area contributed by atoms with E-state index in [2.05, 4.69) is 38.4 Å². The molecule has 1 aromatic carbocycles. The van der Waals surface area contributed by atoms with Gasteiger partial charge in [-0.1, -0.05) is 12.1 Å². The van der Waals surface area contributed by atoms with Crippen molar-refractivity contribution in [3.8, 4) is 11.5 Å². The fourth-order valence-corrected chi connectivity index (χ4v) is 2.93. The molecule has 1 aromatic heterocycles. The Morgan fingerprint density at radius 2 is 2.19 bits per heavy atom. The summed E-state index contributed by atoms with van der Waals surface area (Å²) in [5.74, 6) is 1.12. The number of nitrogens with zero attached hydrogens (tertiary/aromatic N) is 2. The zero-order valence-corrected chi connectivity index (χ0v) is 13.5. The van der Waals surface area contributed by atoms with Gasteiger partial charge in [-0.3, -0.25) is 0 Å². The standard InChI is InChI=1S/C15H18BrN3O2/c1-15(7-4-8-20-15)10-17-9-13-18-19-14(21-13)11-5-2-3-6-12(11)16/h2-3,5-6,17H,4,7-10H2,1H3. The number of nitrogens with one attached hydrogen (secondary N) is 1. The fraction of sp³-hybridized carbons (Fsp3) is 0.467. The zero-order chi connectivity index (χ0) is 14.7. The molecule has 1 saturated heterocycles. The summed E-state index contributed by atoms with van der Waals surface area (Å²) in [7, 11) is 0. The average Bonchev–Trinajstić information content (AvgIpc) is 3.09. The van der Waals surface area contributed by atoms with Gasteiger partial charge < -0.3 is 14.5 Å². The van der Waals surface area contributed by atoms with E-state index in [1.54, 1.807) is 0 Å². The van der Waals surface area contributed by atoms with Gasteiger partial charge in [-0.05, 0) is 47.8 Å². The molecule has 1 atom stereocenters. The van der Waals surface area contributed by atoms with Gasteiger partial charge in [-0.2, -0.15) is 0 Å². The minimum atomic E-state index is -0.0642. The van der Waals surface area contributed by atoms with Gasteiger partial charge in [-0.25, -0.2) is 0 Å². The summed E-state index contributed by atoms with van der Waals surface area (Å²) < 4.78 is 12.4. The first-order chi connectivity index (χ1) is 10.2. The van der Waals surface area contributed by atoms with Crippen molar-refractivity contribution in [2.24, 2.45) is 0 Å². The molecule has 1 aliphatic heterocycles. The molecule has 0 bridgehead atoms. The summed E-state index contributed by atoms with van der Waals surface area (Å²) in [5.41, 5.74) is 0.841. The first-order valence-electron chi connectivity index (χ1n) is 7.08. The van der Waals surface area contributed by atoms with Gasteiger partial charge in [0.25, 0.3) is 0 Å². The lowest BCUT2D eigenvalue weighted by Crippen LogP contribution is -2.36. The molecule has 1 N–H and O–H groups in total. The molecule has 0 amide bonds. The highest BCUT2D eigenvalue weighted by atomic mass is 79.9. The van der Waals surface area contributed by atoms with Crippen molar-refractivity contribution >= 4 is 15.9 Å². The number of halogens is 1. The van der Waals surface area contributed by atoms with Crippen molar-refractivity contribution in [1.29, 1.82) is 0 Å². The normalized spacial score (nSPS) is 21.8. The Morgan fingerprint density at radius 1 is 1.33 bits per heavy atom. The van der Waals surface area contributed by atoms with Crippen LogP contribution in [-0.2, 0) is 11.3 Å². The molecule has 1 aliphatic rings. The Labute approximate surface area is 132 Å². The third-order valence-corrected chi connectivity index (χ3v) is 4.34. The van der Waals surface area contributed by atoms with E-state index in [4.69, 9.17) is 9.15 Å². The molecule has 5 nitrogen and oxygen atoms in total. The van der Waals surface area contributed by atoms with Gasteiger partial charge in [0.2, 0.25) is 11.8 Å². The highest BCUT2D eigenvalue weighted by Gasteiger charge is 2.29. The SMILES string of the molecule is CC1(CNCc2nnc(-c3ccccc3Br)o2)CCCO1. The van der Waals surface area contributed by atoms with Crippen LogP contribution in [-0.4, -0.2) is 29.0 Å². The van der Waals surface area contributed by atoms with Gasteiger partial charge in [0, 0.05) is 17.6 Å². The van der Waals surface area contributed by atoms with E-state index in [1.165, 1.54) is 0 Å². The van der Waals surface area contributed by atoms with E-state index in [1.807, 2.05) is 24.3 Å². The lowest BCUT2D eigenvalue weighted by atomic mass is 10.0. The second kappa shape index (κ2) is 6.25. The first-order valence-corrected chi connectivity index (χ1v) is 7.88. The number of hydrogen-bond donors (Lipinski definition) is 1. The molecule has 3 rings (SSSR count). The van der Waals surface area contributed by atoms with Gasteiger partial charge >= 0.3 is 0 Å². The van der Waals surface area contributed by atoms with E-state index in [9.17, 15) is 0 Å². The summed E-state index contributed by atoms with van der Waals surface area (Å²) in [6.07, 6.45) is 2.22. The molecule has 1 unspecified atom stereocenters. The number of hydrogen-bond acceptors (Lipinski definition) is 5. The molecule has 0 spiro atoms. The predicted molar refractivity (Wildman–Crippen MR) is 82.7 cm³/mol. The van der Waals surface area contributed by atoms with Crippen LogP contribution in [0.15, 0.2) is 33.2 Å². The monoisotopic (exact) mass is 351 g/mol. The molecular weight excluding hydrogens is 334 g/mol. The Hall–Kier alpha value is -1.24. The third kappa shape index (κ3) is 3.51. The summed E-state index contributed by atoms with van der Waals surface area (Å²) in [5, 5.41) is 11.5. The molecular formula is C15H18BrN3O2. The van der Waals surface area contributed by atoms with Gasteiger partial charge in [-0.15, -0.1) is 10.2 Å². The van der Waals surface area contributed by atoms with Crippen LogP contribution in [0.3, 0.4) is 0 Å². The molecule has 1 fully saturated rings. The number of aromatic nitrogens is 2. The molecule has 6 heteroatoms. The van der Waals surface area contributed by atoms with Crippen molar-refractivity contribution < 1.29 is 9.15 Å². The molecule has 2 aromatic rings. The van der Waals surface area contributed by atoms with Crippen molar-refractivity contribution in [1.82, 2.24) is 15.5 Å². The minimum Gasteiger partial charge on any atom is -0.419 e. The number of benzene rings is 1. The summed E-state index contributed by atoms with van der Waals surface area (Å²) in [6, 6.07) is 7.80. The first kappa shape index (κ1) is 14.7. The highest BCUT2D eigenvalue weighted by molar-refractivity contribution is 9.10. The number of ether oxygens (including phenoxy) is 1. The van der Waals surface area contributed by atoms with E-state index in [0.29, 0.717) is 18.3 Å². The summed E-state index contributed by atoms with van der Waals surface area (Å²) in [4.78, 5) is 0. The summed E-state index contributed by atoms with van der Waals surface area (Å²) in [6.45, 7) is 4.33. The smallest absolute Gasteiger partial charge is 0.248 e. The van der Waals surface area contributed by atoms with Crippen LogP contribution in [0.4, 0.5) is 0 Å². The second-order valence-corrected chi connectivity index (χ2v) is 6.34. The Morgan fingerprint density at radius 3 is 2.95 bits per heavy atom. The van der Waals surface area contributed by atoms with Crippen LogP contribution >= 0.6 is 15.9 Å². The molecule has 21 heavy (non-hydrogen) atoms. The lowest BCUT2D eigenvalue weighted by molar-refractivity contribution is 0.0203. The van der Waals surface area contributed by atoms with E-state index >= 15 is 0 Å². The van der Waals surface area contributed by atoms with Crippen LogP contribution in [0.2, 0.25) is 0 Å². The Kier molecular flexibility index (Phi) is 4.37. The summed E-state index contributed by atoms with van der Waals surface area (Å²) >= 11 is 3.49. The zero-order valence-electron chi connectivity index (χ0n) is 11.9. The number of rotatable bonds is 5. The van der Waals surface area contributed by atoms with Crippen molar-refractivity contribution in [3.63, 3.8) is 0 Å². The van der Waals surface area contributed by atoms with E-state index in [0.717, 1.165) is 36.0 Å². The molecule has 0 saturated carbocycles. The molecule has 112 valence electrons. The quantitative estimate of drug-likeness (QED) is 0.896. The van der Waals surface area contributed by atoms with E-state index < -0.39 is 0 Å². The second-order valence-electron chi connectivity index (χ2n) is 5.49. The van der Waals surface area contributed by atoms with Crippen LogP contribution in [0.1, 0.15) is 25.7 Å². The fourth-order valence-electron chi connectivity index (χ4n) is 2.48. The molecule has 0 aliphatic carbocycles. The van der Waals surface area contributed by atoms with Gasteiger partial charge in [0.1, 0.15) is 0 Å². The maximum atomic E-state index is 5.73. The molecule has 0 radical (unpaired) electrons. The average molecular weight is 352 g/mol. The van der Waals surface area contributed by atoms with Crippen LogP contribution < -0.4 is 5.32 Å². The maximum Gasteiger partial charge on any atom is 0.248 e. The van der Waals surface area contributed by atoms with E-state index in [-0.39, 0.29) is 5.60 Å². The Bertz CT molecular complexity index is 608. The highest BCUT2D eigenvalue weighted by Crippen LogP contribution is 2.27. The maximum absolute atomic E-state index is 5.73. The van der Waals surface area contributed by atoms with Crippen molar-refractivity contribution in [3.05, 3.63) is 34.6 Å². The van der Waals surface area contributed by atoms with Crippen LogP contribution in [0, 0.1) is 0 Å². The lowest BCUT2D eigenvalue weighted by Gasteiger charge is -2.22. The minimum absolute atomic E-state index is 0.0642. The largest absolute Gasteiger partial charge is 0.419 e. The van der Waals surface area contributed by atoms with Crippen LogP contribution in [0.25, 0.3) is 11.5 Å². The Balaban J connectivity index is 1.59. The van der Waals surface area contributed by atoms with Crippen molar-refractivity contribution in [2.75, 3.05) is 13.2 Å². The topological polar surface area (TPSA) is 60.2 Å². The van der Waals surface area contributed by atoms with Crippen LogP contribution in [0.5, 0.6) is 0 Å². The molecule has 2 heterocycles.